The van der Waals surface area contributed by atoms with Crippen LogP contribution >= 0.6 is 0 Å². The number of rotatable bonds is 6. The molecule has 0 unspecified atom stereocenters. The number of benzene rings is 4. The van der Waals surface area contributed by atoms with Gasteiger partial charge in [0.25, 0.3) is 0 Å². The molecule has 5 nitrogen and oxygen atoms in total. The smallest absolute Gasteiger partial charge is 0.335 e. The van der Waals surface area contributed by atoms with Crippen LogP contribution in [0.4, 0.5) is 0 Å². The third-order valence-corrected chi connectivity index (χ3v) is 5.91. The number of hydrogen-bond acceptors (Lipinski definition) is 4. The van der Waals surface area contributed by atoms with E-state index in [2.05, 4.69) is 43.3 Å². The number of aromatic carboxylic acids is 1. The van der Waals surface area contributed by atoms with Gasteiger partial charge in [-0.05, 0) is 76.7 Å². The molecule has 5 heteroatoms. The molecule has 1 aliphatic heterocycles. The first-order chi connectivity index (χ1) is 16.6. The summed E-state index contributed by atoms with van der Waals surface area (Å²) in [5.74, 6) is 1.12. The Bertz CT molecular complexity index is 1360. The summed E-state index contributed by atoms with van der Waals surface area (Å²) in [4.78, 5) is 11.2. The summed E-state index contributed by atoms with van der Waals surface area (Å²) >= 11 is 0. The van der Waals surface area contributed by atoms with Crippen LogP contribution in [-0.4, -0.2) is 24.3 Å². The van der Waals surface area contributed by atoms with Crippen molar-refractivity contribution >= 4 is 5.97 Å². The van der Waals surface area contributed by atoms with Crippen LogP contribution in [0.2, 0.25) is 0 Å². The molecule has 4 aromatic carbocycles. The molecule has 5 rings (SSSR count). The van der Waals surface area contributed by atoms with E-state index >= 15 is 0 Å². The fourth-order valence-corrected chi connectivity index (χ4v) is 4.19. The highest BCUT2D eigenvalue weighted by Gasteiger charge is 2.15. The van der Waals surface area contributed by atoms with Gasteiger partial charge >= 0.3 is 5.97 Å². The standard InChI is InChI=1S/C29H24O5/c1-19-25(9-4-10-26(19)22-11-12-27-28(17-22)33-14-13-32-27)21-6-2-5-20(15-21)18-34-24-8-3-7-23(16-24)29(30)31/h2-12,15-17H,13-14,18H2,1H3,(H,30,31). The van der Waals surface area contributed by atoms with Crippen LogP contribution in [0.5, 0.6) is 17.2 Å². The molecule has 4 aromatic rings. The van der Waals surface area contributed by atoms with Crippen molar-refractivity contribution in [3.8, 4) is 39.5 Å². The molecule has 1 N–H and O–H groups in total. The predicted octanol–water partition coefficient (Wildman–Crippen LogP) is 6.38. The molecule has 0 aromatic heterocycles. The van der Waals surface area contributed by atoms with Crippen LogP contribution in [0.3, 0.4) is 0 Å². The Morgan fingerprint density at radius 2 is 1.53 bits per heavy atom. The number of carboxylic acids is 1. The minimum Gasteiger partial charge on any atom is -0.489 e. The second-order valence-electron chi connectivity index (χ2n) is 8.16. The van der Waals surface area contributed by atoms with Crippen LogP contribution in [0.1, 0.15) is 21.5 Å². The topological polar surface area (TPSA) is 65.0 Å². The maximum Gasteiger partial charge on any atom is 0.335 e. The summed E-state index contributed by atoms with van der Waals surface area (Å²) in [6.07, 6.45) is 0. The molecule has 34 heavy (non-hydrogen) atoms. The average molecular weight is 453 g/mol. The molecule has 0 spiro atoms. The van der Waals surface area contributed by atoms with Crippen molar-refractivity contribution in [2.45, 2.75) is 13.5 Å². The predicted molar refractivity (Wildman–Crippen MR) is 131 cm³/mol. The summed E-state index contributed by atoms with van der Waals surface area (Å²) in [6, 6.07) is 27.1. The lowest BCUT2D eigenvalue weighted by molar-refractivity contribution is 0.0696. The Kier molecular flexibility index (Phi) is 5.91. The molecule has 0 saturated heterocycles. The van der Waals surface area contributed by atoms with E-state index < -0.39 is 5.97 Å². The third kappa shape index (κ3) is 4.46. The van der Waals surface area contributed by atoms with Gasteiger partial charge in [-0.25, -0.2) is 4.79 Å². The zero-order chi connectivity index (χ0) is 23.5. The normalized spacial score (nSPS) is 12.3. The molecular weight excluding hydrogens is 428 g/mol. The monoisotopic (exact) mass is 452 g/mol. The van der Waals surface area contributed by atoms with Crippen molar-refractivity contribution in [2.24, 2.45) is 0 Å². The van der Waals surface area contributed by atoms with E-state index in [1.807, 2.05) is 24.3 Å². The van der Waals surface area contributed by atoms with E-state index in [0.29, 0.717) is 25.6 Å². The molecule has 0 radical (unpaired) electrons. The minimum atomic E-state index is -0.971. The Hall–Kier alpha value is -4.25. The first kappa shape index (κ1) is 21.6. The molecule has 170 valence electrons. The molecule has 0 atom stereocenters. The van der Waals surface area contributed by atoms with Gasteiger partial charge in [0.2, 0.25) is 0 Å². The van der Waals surface area contributed by atoms with Crippen molar-refractivity contribution < 1.29 is 24.1 Å². The van der Waals surface area contributed by atoms with E-state index in [4.69, 9.17) is 14.2 Å². The number of carbonyl (C=O) groups is 1. The van der Waals surface area contributed by atoms with Gasteiger partial charge in [-0.3, -0.25) is 0 Å². The van der Waals surface area contributed by atoms with Crippen molar-refractivity contribution in [1.29, 1.82) is 0 Å². The summed E-state index contributed by atoms with van der Waals surface area (Å²) in [7, 11) is 0. The van der Waals surface area contributed by atoms with E-state index in [1.54, 1.807) is 18.2 Å². The van der Waals surface area contributed by atoms with E-state index in [1.165, 1.54) is 11.6 Å². The van der Waals surface area contributed by atoms with Crippen LogP contribution in [0.25, 0.3) is 22.3 Å². The van der Waals surface area contributed by atoms with E-state index in [0.717, 1.165) is 39.3 Å². The lowest BCUT2D eigenvalue weighted by atomic mass is 9.92. The zero-order valence-corrected chi connectivity index (χ0v) is 18.8. The molecule has 0 aliphatic carbocycles. The van der Waals surface area contributed by atoms with Crippen molar-refractivity contribution in [3.05, 3.63) is 102 Å². The Morgan fingerprint density at radius 1 is 0.824 bits per heavy atom. The number of ether oxygens (including phenoxy) is 3. The van der Waals surface area contributed by atoms with Gasteiger partial charge in [0, 0.05) is 0 Å². The minimum absolute atomic E-state index is 0.206. The third-order valence-electron chi connectivity index (χ3n) is 5.91. The van der Waals surface area contributed by atoms with Gasteiger partial charge in [-0.15, -0.1) is 0 Å². The molecule has 0 fully saturated rings. The van der Waals surface area contributed by atoms with Crippen LogP contribution < -0.4 is 14.2 Å². The molecule has 0 bridgehead atoms. The van der Waals surface area contributed by atoms with Crippen LogP contribution in [0.15, 0.2) is 84.9 Å². The van der Waals surface area contributed by atoms with E-state index in [9.17, 15) is 9.90 Å². The van der Waals surface area contributed by atoms with Crippen LogP contribution in [-0.2, 0) is 6.61 Å². The lowest BCUT2D eigenvalue weighted by Gasteiger charge is -2.20. The summed E-state index contributed by atoms with van der Waals surface area (Å²) in [5, 5.41) is 9.18. The Morgan fingerprint density at radius 3 is 2.32 bits per heavy atom. The SMILES string of the molecule is Cc1c(-c2cccc(COc3cccc(C(=O)O)c3)c2)cccc1-c1ccc2c(c1)OCCO2. The second kappa shape index (κ2) is 9.32. The van der Waals surface area contributed by atoms with Crippen molar-refractivity contribution in [2.75, 3.05) is 13.2 Å². The van der Waals surface area contributed by atoms with E-state index in [-0.39, 0.29) is 5.56 Å². The lowest BCUT2D eigenvalue weighted by Crippen LogP contribution is -2.15. The van der Waals surface area contributed by atoms with Gasteiger partial charge in [-0.1, -0.05) is 48.5 Å². The Labute approximate surface area is 198 Å². The molecular formula is C29H24O5. The van der Waals surface area contributed by atoms with Crippen LogP contribution in [0, 0.1) is 6.92 Å². The fourth-order valence-electron chi connectivity index (χ4n) is 4.19. The summed E-state index contributed by atoms with van der Waals surface area (Å²) in [6.45, 7) is 3.61. The highest BCUT2D eigenvalue weighted by molar-refractivity contribution is 5.88. The van der Waals surface area contributed by atoms with Gasteiger partial charge in [0.05, 0.1) is 5.56 Å². The summed E-state index contributed by atoms with van der Waals surface area (Å²) < 4.78 is 17.3. The van der Waals surface area contributed by atoms with Crippen molar-refractivity contribution in [1.82, 2.24) is 0 Å². The maximum absolute atomic E-state index is 11.2. The molecule has 1 aliphatic rings. The Balaban J connectivity index is 1.40. The number of fused-ring (bicyclic) bond motifs is 1. The first-order valence-corrected chi connectivity index (χ1v) is 11.1. The highest BCUT2D eigenvalue weighted by Crippen LogP contribution is 2.38. The fraction of sp³-hybridized carbons (Fsp3) is 0.138. The molecule has 0 saturated carbocycles. The van der Waals surface area contributed by atoms with Gasteiger partial charge < -0.3 is 19.3 Å². The molecule has 0 amide bonds. The number of hydrogen-bond donors (Lipinski definition) is 1. The quantitative estimate of drug-likeness (QED) is 0.368. The average Bonchev–Trinajstić information content (AvgIpc) is 2.87. The molecule has 1 heterocycles. The van der Waals surface area contributed by atoms with Crippen molar-refractivity contribution in [3.63, 3.8) is 0 Å². The summed E-state index contributed by atoms with van der Waals surface area (Å²) in [5.41, 5.74) is 6.84. The second-order valence-corrected chi connectivity index (χ2v) is 8.16. The zero-order valence-electron chi connectivity index (χ0n) is 18.8. The number of carboxylic acid groups (broad SMARTS) is 1. The largest absolute Gasteiger partial charge is 0.489 e. The maximum atomic E-state index is 11.2. The highest BCUT2D eigenvalue weighted by atomic mass is 16.6. The first-order valence-electron chi connectivity index (χ1n) is 11.1. The van der Waals surface area contributed by atoms with Gasteiger partial charge in [-0.2, -0.15) is 0 Å². The van der Waals surface area contributed by atoms with Gasteiger partial charge in [0.15, 0.2) is 11.5 Å². The van der Waals surface area contributed by atoms with Gasteiger partial charge in [0.1, 0.15) is 25.6 Å².